The van der Waals surface area contributed by atoms with Crippen molar-refractivity contribution in [2.24, 2.45) is 58.3 Å². The summed E-state index contributed by atoms with van der Waals surface area (Å²) in [6.45, 7) is 1.55. The average Bonchev–Trinajstić information content (AvgIpc) is 1.81. The number of unbranched alkanes of at least 4 members (excludes halogenated alkanes) is 5. The molecule has 0 aromatic carbocycles. The zero-order valence-electron chi connectivity index (χ0n) is 66.5. The average molecular weight is 1620 g/mol. The van der Waals surface area contributed by atoms with Gasteiger partial charge in [-0.15, -0.1) is 10.2 Å². The van der Waals surface area contributed by atoms with Crippen LogP contribution in [0.4, 0.5) is 30.7 Å². The monoisotopic (exact) mass is 1610 g/mol. The van der Waals surface area contributed by atoms with Crippen LogP contribution < -0.4 is 55.3 Å². The van der Waals surface area contributed by atoms with Crippen molar-refractivity contribution in [1.29, 1.82) is 0 Å². The predicted octanol–water partition coefficient (Wildman–Crippen LogP) is 7.68. The van der Waals surface area contributed by atoms with Crippen LogP contribution in [0.3, 0.4) is 0 Å². The number of ketones is 5. The van der Waals surface area contributed by atoms with Crippen molar-refractivity contribution in [1.82, 2.24) is 51.7 Å². The van der Waals surface area contributed by atoms with E-state index in [1.807, 2.05) is 25.3 Å². The lowest BCUT2D eigenvalue weighted by Crippen LogP contribution is -2.49. The molecule has 0 aliphatic heterocycles. The highest BCUT2D eigenvalue weighted by Crippen LogP contribution is 2.35. The third kappa shape index (κ3) is 44.7. The first-order valence-corrected chi connectivity index (χ1v) is 41.6. The van der Waals surface area contributed by atoms with E-state index < -0.39 is 67.9 Å². The number of carbonyl (C=O) groups is 10. The van der Waals surface area contributed by atoms with Gasteiger partial charge in [0.2, 0.25) is 35.6 Å². The van der Waals surface area contributed by atoms with Gasteiger partial charge in [-0.25, -0.2) is 17.6 Å². The minimum atomic E-state index is -5.32. The number of likely N-dealkylation sites (N-methyl/N-ethyl adjacent to an activating group) is 1. The molecule has 0 spiro atoms. The van der Waals surface area contributed by atoms with Crippen molar-refractivity contribution in [3.05, 3.63) is 6.33 Å². The summed E-state index contributed by atoms with van der Waals surface area (Å²) in [5.41, 5.74) is 27.3. The van der Waals surface area contributed by atoms with Crippen molar-refractivity contribution in [3.8, 4) is 0 Å². The molecular weight excluding hydrogens is 1480 g/mol. The highest BCUT2D eigenvalue weighted by molar-refractivity contribution is 7.99. The maximum absolute atomic E-state index is 13.2. The molecule has 0 radical (unpaired) electrons. The van der Waals surface area contributed by atoms with Gasteiger partial charge in [-0.05, 0) is 219 Å². The second-order valence-electron chi connectivity index (χ2n) is 30.4. The van der Waals surface area contributed by atoms with Crippen LogP contribution in [0.5, 0.6) is 0 Å². The summed E-state index contributed by atoms with van der Waals surface area (Å²) in [5, 5.41) is 25.3. The van der Waals surface area contributed by atoms with Gasteiger partial charge in [0.15, 0.2) is 35.2 Å². The third-order valence-corrected chi connectivity index (χ3v) is 20.7. The van der Waals surface area contributed by atoms with E-state index >= 15 is 0 Å². The first-order valence-electron chi connectivity index (χ1n) is 40.2. The number of amides is 5. The molecule has 35 heteroatoms. The number of tetrazole rings is 1. The molecule has 5 aliphatic carbocycles. The lowest BCUT2D eigenvalue weighted by Gasteiger charge is -2.27. The van der Waals surface area contributed by atoms with Crippen LogP contribution in [-0.4, -0.2) is 223 Å². The standard InChI is InChI=1S/C17H27F5N2O3.C16H28F2N2O3.C15H29N3O2.C14H24N6O2.C14H26N2O2S/c1-16(18,19)15(17(20,21)22)27-10-13(25)12(8-4-5-9-23)24-14(26)11-6-2-3-7-11;1-16(17,18)11-23-10-14(21)13(8-4-5-9-19)20-15(22)12-6-2-3-7-12;1-18(2)11-14(19)13(9-5-6-10-16)17-15(20)12-7-3-4-8-12;15-8-4-3-7-12(13(21)9-20-17-10-16-19-20)18-14(22)11-5-1-2-6-11;1-19-10-13(17)12(8-4-5-9-15)16-14(18)11-6-2-3-7-11/h11-12,15H,2-10,23H2,1H3,(H,24,26);12-13H,2-11,19H2,1H3,(H,20,22);12-13H,3-11,16H2,1-2H3,(H,17,20);10-12H,1-9,15H2,(H,18,22);11-12H,2-10,15H2,1H3,(H,16,18). The van der Waals surface area contributed by atoms with Gasteiger partial charge in [-0.3, -0.25) is 47.9 Å². The van der Waals surface area contributed by atoms with Crippen molar-refractivity contribution in [2.75, 3.05) is 85.2 Å². The van der Waals surface area contributed by atoms with Gasteiger partial charge in [0.05, 0.1) is 42.5 Å². The van der Waals surface area contributed by atoms with Crippen molar-refractivity contribution in [3.63, 3.8) is 0 Å². The predicted molar refractivity (Wildman–Crippen MR) is 412 cm³/mol. The number of Topliss-reactive ketones (excluding diaryl/α,β-unsaturated/α-hetero) is 5. The number of thioether (sulfide) groups is 1. The number of carbonyl (C=O) groups excluding carboxylic acids is 10. The van der Waals surface area contributed by atoms with Crippen LogP contribution >= 0.6 is 11.8 Å². The number of alkyl halides is 7. The Morgan fingerprint density at radius 3 is 1.02 bits per heavy atom. The van der Waals surface area contributed by atoms with E-state index in [-0.39, 0.29) is 114 Å². The molecule has 1 heterocycles. The van der Waals surface area contributed by atoms with Crippen LogP contribution in [0.2, 0.25) is 0 Å². The molecule has 5 saturated carbocycles. The molecule has 1 aromatic heterocycles. The van der Waals surface area contributed by atoms with Crippen molar-refractivity contribution < 1.29 is 88.2 Å². The Bertz CT molecular complexity index is 2790. The van der Waals surface area contributed by atoms with E-state index in [4.69, 9.17) is 33.4 Å². The minimum Gasteiger partial charge on any atom is -0.367 e. The summed E-state index contributed by atoms with van der Waals surface area (Å²) in [5.74, 6) is -8.10. The molecule has 6 rings (SSSR count). The summed E-state index contributed by atoms with van der Waals surface area (Å²) in [4.78, 5) is 125. The van der Waals surface area contributed by atoms with Gasteiger partial charge in [0.25, 0.3) is 11.8 Å². The Kier molecular flexibility index (Phi) is 52.4. The normalized spacial score (nSPS) is 17.4. The number of hydrogen-bond donors (Lipinski definition) is 10. The van der Waals surface area contributed by atoms with E-state index in [1.54, 1.807) is 0 Å². The first kappa shape index (κ1) is 101. The van der Waals surface area contributed by atoms with E-state index in [2.05, 4.69) is 46.7 Å². The Morgan fingerprint density at radius 2 is 0.757 bits per heavy atom. The first-order chi connectivity index (χ1) is 52.7. The lowest BCUT2D eigenvalue weighted by molar-refractivity contribution is -0.278. The summed E-state index contributed by atoms with van der Waals surface area (Å²) < 4.78 is 98.9. The number of ether oxygens (including phenoxy) is 2. The molecule has 111 heavy (non-hydrogen) atoms. The fraction of sp³-hybridized carbons (Fsp3) is 0.855. The second kappa shape index (κ2) is 57.4. The van der Waals surface area contributed by atoms with Gasteiger partial charge in [0.1, 0.15) is 26.4 Å². The molecule has 6 atom stereocenters. The molecule has 5 fully saturated rings. The lowest BCUT2D eigenvalue weighted by atomic mass is 10.0. The molecule has 6 unspecified atom stereocenters. The van der Waals surface area contributed by atoms with Crippen molar-refractivity contribution >= 4 is 70.2 Å². The maximum Gasteiger partial charge on any atom is 0.420 e. The Labute approximate surface area is 656 Å². The smallest absolute Gasteiger partial charge is 0.367 e. The SMILES string of the molecule is CC(F)(F)C(OCC(=O)C(CCCCN)NC(=O)C1CCCC1)C(F)(F)F.CC(F)(F)COCC(=O)C(CCCCN)NC(=O)C1CCCC1.CN(C)CC(=O)C(CCCCN)NC(=O)C1CCCC1.CSCC(=O)C(CCCCN)NC(=O)C1CCCC1.NCCCCC(NC(=O)C1CCCC1)C(=O)Cn1ncnn1. The molecule has 5 amide bonds. The molecule has 0 saturated heterocycles. The molecule has 27 nitrogen and oxygen atoms in total. The number of rotatable bonds is 49. The van der Waals surface area contributed by atoms with Crippen LogP contribution in [0.15, 0.2) is 6.33 Å². The molecule has 1 aromatic rings. The number of hydrogen-bond acceptors (Lipinski definition) is 22. The zero-order valence-corrected chi connectivity index (χ0v) is 67.3. The topological polar surface area (TPSA) is 426 Å². The zero-order chi connectivity index (χ0) is 82.8. The van der Waals surface area contributed by atoms with Gasteiger partial charge in [-0.2, -0.15) is 29.7 Å². The second-order valence-corrected chi connectivity index (χ2v) is 31.2. The van der Waals surface area contributed by atoms with Gasteiger partial charge in [-0.1, -0.05) is 64.2 Å². The molecular formula is C76H134F7N15O12S. The van der Waals surface area contributed by atoms with Crippen LogP contribution in [0, 0.1) is 29.6 Å². The molecule has 0 bridgehead atoms. The number of aromatic nitrogens is 4. The minimum absolute atomic E-state index is 0.00449. The van der Waals surface area contributed by atoms with Crippen LogP contribution in [0.25, 0.3) is 0 Å². The highest BCUT2D eigenvalue weighted by atomic mass is 32.2. The van der Waals surface area contributed by atoms with E-state index in [0.29, 0.717) is 96.4 Å². The quantitative estimate of drug-likeness (QED) is 0.0221. The Balaban J connectivity index is 0.000000473. The summed E-state index contributed by atoms with van der Waals surface area (Å²) in [6, 6.07) is -2.92. The highest BCUT2D eigenvalue weighted by Gasteiger charge is 2.54. The van der Waals surface area contributed by atoms with E-state index in [9.17, 15) is 78.7 Å². The molecule has 5 aliphatic rings. The fourth-order valence-corrected chi connectivity index (χ4v) is 14.3. The van der Waals surface area contributed by atoms with Gasteiger partial charge < -0.3 is 69.6 Å². The van der Waals surface area contributed by atoms with E-state index in [1.165, 1.54) is 22.9 Å². The van der Waals surface area contributed by atoms with Crippen LogP contribution in [-0.2, 0) is 64.0 Å². The Hall–Kier alpha value is -5.69. The fourth-order valence-electron chi connectivity index (χ4n) is 13.8. The third-order valence-electron chi connectivity index (χ3n) is 20.1. The maximum atomic E-state index is 13.2. The van der Waals surface area contributed by atoms with Crippen LogP contribution in [0.1, 0.15) is 239 Å². The summed E-state index contributed by atoms with van der Waals surface area (Å²) in [7, 11) is 3.74. The van der Waals surface area contributed by atoms with Gasteiger partial charge in [0, 0.05) is 43.4 Å². The number of nitrogens with one attached hydrogen (secondary N) is 5. The number of halogens is 7. The Morgan fingerprint density at radius 1 is 0.459 bits per heavy atom. The number of nitrogens with two attached hydrogens (primary N) is 5. The molecule has 640 valence electrons. The van der Waals surface area contributed by atoms with E-state index in [0.717, 1.165) is 174 Å². The summed E-state index contributed by atoms with van der Waals surface area (Å²) in [6.07, 6.45) is 24.1. The largest absolute Gasteiger partial charge is 0.420 e. The summed E-state index contributed by atoms with van der Waals surface area (Å²) >= 11 is 1.51. The molecule has 15 N–H and O–H groups in total. The van der Waals surface area contributed by atoms with Crippen molar-refractivity contribution in [2.45, 2.75) is 299 Å². The van der Waals surface area contributed by atoms with Gasteiger partial charge >= 0.3 is 6.18 Å². The number of nitrogens with zero attached hydrogens (tertiary/aromatic N) is 5.